The van der Waals surface area contributed by atoms with Crippen LogP contribution in [0.2, 0.25) is 0 Å². The highest BCUT2D eigenvalue weighted by Gasteiger charge is 2.19. The summed E-state index contributed by atoms with van der Waals surface area (Å²) in [5, 5.41) is 0. The SMILES string of the molecule is CCCc1cnc(CC)c2c1OCC2. The van der Waals surface area contributed by atoms with Crippen molar-refractivity contribution in [2.45, 2.75) is 39.5 Å². The Hall–Kier alpha value is -1.05. The lowest BCUT2D eigenvalue weighted by Gasteiger charge is -2.08. The normalized spacial score (nSPS) is 13.9. The first kappa shape index (κ1) is 9.50. The van der Waals surface area contributed by atoms with Gasteiger partial charge in [-0.25, -0.2) is 0 Å². The topological polar surface area (TPSA) is 22.1 Å². The Kier molecular flexibility index (Phi) is 2.71. The molecule has 1 aliphatic rings. The molecular weight excluding hydrogens is 174 g/mol. The zero-order valence-corrected chi connectivity index (χ0v) is 8.97. The lowest BCUT2D eigenvalue weighted by molar-refractivity contribution is 0.353. The fourth-order valence-corrected chi connectivity index (χ4v) is 2.06. The van der Waals surface area contributed by atoms with E-state index in [1.807, 2.05) is 6.20 Å². The Labute approximate surface area is 85.3 Å². The molecule has 0 aromatic carbocycles. The van der Waals surface area contributed by atoms with Gasteiger partial charge in [-0.3, -0.25) is 4.98 Å². The van der Waals surface area contributed by atoms with Crippen LogP contribution in [0.15, 0.2) is 6.20 Å². The standard InChI is InChI=1S/C12H17NO/c1-3-5-9-8-13-11(4-2)10-6-7-14-12(9)10/h8H,3-7H2,1-2H3. The van der Waals surface area contributed by atoms with Gasteiger partial charge in [-0.05, 0) is 12.8 Å². The number of aromatic nitrogens is 1. The van der Waals surface area contributed by atoms with Crippen LogP contribution in [-0.4, -0.2) is 11.6 Å². The van der Waals surface area contributed by atoms with Crippen LogP contribution in [0, 0.1) is 0 Å². The van der Waals surface area contributed by atoms with Gasteiger partial charge in [0.2, 0.25) is 0 Å². The van der Waals surface area contributed by atoms with Crippen LogP contribution in [-0.2, 0) is 19.3 Å². The van der Waals surface area contributed by atoms with E-state index in [1.54, 1.807) is 0 Å². The number of nitrogens with zero attached hydrogens (tertiary/aromatic N) is 1. The Morgan fingerprint density at radius 3 is 3.00 bits per heavy atom. The van der Waals surface area contributed by atoms with Crippen molar-refractivity contribution in [1.82, 2.24) is 4.98 Å². The second-order valence-electron chi connectivity index (χ2n) is 3.74. The summed E-state index contributed by atoms with van der Waals surface area (Å²) in [7, 11) is 0. The van der Waals surface area contributed by atoms with Crippen LogP contribution in [0.4, 0.5) is 0 Å². The van der Waals surface area contributed by atoms with E-state index in [0.29, 0.717) is 0 Å². The summed E-state index contributed by atoms with van der Waals surface area (Å²) in [4.78, 5) is 4.51. The molecule has 14 heavy (non-hydrogen) atoms. The third-order valence-electron chi connectivity index (χ3n) is 2.74. The second kappa shape index (κ2) is 3.99. The van der Waals surface area contributed by atoms with E-state index in [-0.39, 0.29) is 0 Å². The van der Waals surface area contributed by atoms with Crippen molar-refractivity contribution in [3.63, 3.8) is 0 Å². The molecule has 2 heterocycles. The number of rotatable bonds is 3. The molecule has 0 aliphatic carbocycles. The minimum absolute atomic E-state index is 0.838. The largest absolute Gasteiger partial charge is 0.493 e. The highest BCUT2D eigenvalue weighted by molar-refractivity contribution is 5.45. The fourth-order valence-electron chi connectivity index (χ4n) is 2.06. The Bertz CT molecular complexity index is 333. The van der Waals surface area contributed by atoms with Gasteiger partial charge in [0.05, 0.1) is 6.61 Å². The molecule has 1 aliphatic heterocycles. The van der Waals surface area contributed by atoms with E-state index >= 15 is 0 Å². The molecule has 0 fully saturated rings. The van der Waals surface area contributed by atoms with Crippen LogP contribution in [0.1, 0.15) is 37.1 Å². The Morgan fingerprint density at radius 1 is 1.43 bits per heavy atom. The van der Waals surface area contributed by atoms with Crippen molar-refractivity contribution < 1.29 is 4.74 Å². The molecule has 2 rings (SSSR count). The lowest BCUT2D eigenvalue weighted by Crippen LogP contribution is -1.97. The summed E-state index contributed by atoms with van der Waals surface area (Å²) in [6, 6.07) is 0. The van der Waals surface area contributed by atoms with Crippen molar-refractivity contribution in [1.29, 1.82) is 0 Å². The van der Waals surface area contributed by atoms with Gasteiger partial charge in [0.15, 0.2) is 0 Å². The van der Waals surface area contributed by atoms with E-state index in [2.05, 4.69) is 18.8 Å². The number of fused-ring (bicyclic) bond motifs is 1. The van der Waals surface area contributed by atoms with Crippen LogP contribution in [0.3, 0.4) is 0 Å². The van der Waals surface area contributed by atoms with Crippen LogP contribution >= 0.6 is 0 Å². The summed E-state index contributed by atoms with van der Waals surface area (Å²) in [5.74, 6) is 1.14. The third-order valence-corrected chi connectivity index (χ3v) is 2.74. The monoisotopic (exact) mass is 191 g/mol. The molecular formula is C12H17NO. The lowest BCUT2D eigenvalue weighted by atomic mass is 10.0. The average Bonchev–Trinajstić information content (AvgIpc) is 2.67. The van der Waals surface area contributed by atoms with Gasteiger partial charge in [-0.15, -0.1) is 0 Å². The van der Waals surface area contributed by atoms with Gasteiger partial charge in [-0.2, -0.15) is 0 Å². The highest BCUT2D eigenvalue weighted by atomic mass is 16.5. The molecule has 1 aromatic heterocycles. The summed E-state index contributed by atoms with van der Waals surface area (Å²) in [5.41, 5.74) is 3.87. The molecule has 0 N–H and O–H groups in total. The molecule has 0 saturated carbocycles. The van der Waals surface area contributed by atoms with Crippen LogP contribution in [0.5, 0.6) is 5.75 Å². The Balaban J connectivity index is 2.42. The molecule has 2 nitrogen and oxygen atoms in total. The number of aryl methyl sites for hydroxylation is 2. The molecule has 0 bridgehead atoms. The van der Waals surface area contributed by atoms with Gasteiger partial charge in [0.1, 0.15) is 5.75 Å². The molecule has 76 valence electrons. The summed E-state index contributed by atoms with van der Waals surface area (Å²) in [6.45, 7) is 5.18. The van der Waals surface area contributed by atoms with Gasteiger partial charge in [0, 0.05) is 29.4 Å². The molecule has 2 heteroatoms. The molecule has 1 aromatic rings. The summed E-state index contributed by atoms with van der Waals surface area (Å²) >= 11 is 0. The highest BCUT2D eigenvalue weighted by Crippen LogP contribution is 2.32. The summed E-state index contributed by atoms with van der Waals surface area (Å²) in [6.07, 6.45) is 6.29. The first-order chi connectivity index (χ1) is 6.86. The van der Waals surface area contributed by atoms with E-state index in [1.165, 1.54) is 16.8 Å². The molecule has 0 radical (unpaired) electrons. The number of hydrogen-bond acceptors (Lipinski definition) is 2. The first-order valence-corrected chi connectivity index (χ1v) is 5.49. The molecule has 0 unspecified atom stereocenters. The van der Waals surface area contributed by atoms with Gasteiger partial charge < -0.3 is 4.74 Å². The van der Waals surface area contributed by atoms with Crippen molar-refractivity contribution in [2.75, 3.05) is 6.61 Å². The van der Waals surface area contributed by atoms with Gasteiger partial charge in [-0.1, -0.05) is 20.3 Å². The zero-order chi connectivity index (χ0) is 9.97. The molecule has 0 amide bonds. The van der Waals surface area contributed by atoms with Crippen molar-refractivity contribution in [3.05, 3.63) is 23.0 Å². The van der Waals surface area contributed by atoms with Gasteiger partial charge >= 0.3 is 0 Å². The van der Waals surface area contributed by atoms with Gasteiger partial charge in [0.25, 0.3) is 0 Å². The van der Waals surface area contributed by atoms with Crippen molar-refractivity contribution in [3.8, 4) is 5.75 Å². The maximum atomic E-state index is 5.68. The van der Waals surface area contributed by atoms with Crippen molar-refractivity contribution >= 4 is 0 Å². The molecule has 0 saturated heterocycles. The fraction of sp³-hybridized carbons (Fsp3) is 0.583. The molecule has 0 atom stereocenters. The minimum Gasteiger partial charge on any atom is -0.493 e. The van der Waals surface area contributed by atoms with E-state index in [0.717, 1.165) is 38.0 Å². The van der Waals surface area contributed by atoms with E-state index in [9.17, 15) is 0 Å². The number of hydrogen-bond donors (Lipinski definition) is 0. The third kappa shape index (κ3) is 1.49. The predicted molar refractivity (Wildman–Crippen MR) is 56.8 cm³/mol. The first-order valence-electron chi connectivity index (χ1n) is 5.49. The average molecular weight is 191 g/mol. The zero-order valence-electron chi connectivity index (χ0n) is 8.97. The minimum atomic E-state index is 0.838. The van der Waals surface area contributed by atoms with E-state index in [4.69, 9.17) is 4.74 Å². The molecule has 0 spiro atoms. The predicted octanol–water partition coefficient (Wildman–Crippen LogP) is 2.53. The van der Waals surface area contributed by atoms with Crippen molar-refractivity contribution in [2.24, 2.45) is 0 Å². The van der Waals surface area contributed by atoms with Crippen LogP contribution < -0.4 is 4.74 Å². The Morgan fingerprint density at radius 2 is 2.29 bits per heavy atom. The second-order valence-corrected chi connectivity index (χ2v) is 3.74. The number of ether oxygens (including phenoxy) is 1. The smallest absolute Gasteiger partial charge is 0.129 e. The van der Waals surface area contributed by atoms with Crippen LogP contribution in [0.25, 0.3) is 0 Å². The quantitative estimate of drug-likeness (QED) is 0.732. The van der Waals surface area contributed by atoms with E-state index < -0.39 is 0 Å². The maximum absolute atomic E-state index is 5.68. The maximum Gasteiger partial charge on any atom is 0.129 e. The number of pyridine rings is 1. The summed E-state index contributed by atoms with van der Waals surface area (Å²) < 4.78 is 5.68.